The van der Waals surface area contributed by atoms with Crippen LogP contribution in [0.15, 0.2) is 48.5 Å². The molecule has 0 aliphatic carbocycles. The van der Waals surface area contributed by atoms with Gasteiger partial charge in [0.15, 0.2) is 6.10 Å². The number of hydrogen-bond donors (Lipinski definition) is 1. The molecular weight excluding hydrogens is 308 g/mol. The molecule has 0 fully saturated rings. The van der Waals surface area contributed by atoms with Gasteiger partial charge < -0.3 is 14.6 Å². The van der Waals surface area contributed by atoms with E-state index in [1.165, 1.54) is 17.7 Å². The van der Waals surface area contributed by atoms with Crippen molar-refractivity contribution < 1.29 is 24.2 Å². The van der Waals surface area contributed by atoms with E-state index in [4.69, 9.17) is 14.6 Å². The minimum atomic E-state index is -1.16. The highest BCUT2D eigenvalue weighted by Crippen LogP contribution is 2.21. The van der Waals surface area contributed by atoms with Crippen molar-refractivity contribution in [2.75, 3.05) is 0 Å². The molecule has 0 saturated carbocycles. The fourth-order valence-corrected chi connectivity index (χ4v) is 2.11. The standard InChI is InChI=1S/C19H20O5/c1-12(2)14-8-10-15(11-9-14)23-13(3)19(22)24-17-7-5-4-6-16(17)18(20)21/h4-13H,1-3H3,(H,20,21). The van der Waals surface area contributed by atoms with E-state index in [1.807, 2.05) is 12.1 Å². The highest BCUT2D eigenvalue weighted by Gasteiger charge is 2.20. The average Bonchev–Trinajstić information content (AvgIpc) is 2.55. The van der Waals surface area contributed by atoms with Crippen molar-refractivity contribution in [2.24, 2.45) is 0 Å². The smallest absolute Gasteiger partial charge is 0.352 e. The highest BCUT2D eigenvalue weighted by molar-refractivity contribution is 5.92. The van der Waals surface area contributed by atoms with Gasteiger partial charge in [-0.15, -0.1) is 0 Å². The fraction of sp³-hybridized carbons (Fsp3) is 0.263. The number of carbonyl (C=O) groups excluding carboxylic acids is 1. The summed E-state index contributed by atoms with van der Waals surface area (Å²) in [4.78, 5) is 23.3. The molecule has 1 N–H and O–H groups in total. The van der Waals surface area contributed by atoms with E-state index in [9.17, 15) is 9.59 Å². The van der Waals surface area contributed by atoms with Crippen molar-refractivity contribution in [3.63, 3.8) is 0 Å². The van der Waals surface area contributed by atoms with Crippen LogP contribution in [0.5, 0.6) is 11.5 Å². The van der Waals surface area contributed by atoms with Gasteiger partial charge in [0.2, 0.25) is 0 Å². The van der Waals surface area contributed by atoms with Crippen LogP contribution in [0.25, 0.3) is 0 Å². The van der Waals surface area contributed by atoms with Crippen molar-refractivity contribution in [1.29, 1.82) is 0 Å². The summed E-state index contributed by atoms with van der Waals surface area (Å²) in [6.07, 6.45) is -0.864. The molecule has 0 aliphatic heterocycles. The fourth-order valence-electron chi connectivity index (χ4n) is 2.11. The number of carboxylic acids is 1. The Morgan fingerprint density at radius 1 is 0.958 bits per heavy atom. The van der Waals surface area contributed by atoms with Gasteiger partial charge in [0.05, 0.1) is 0 Å². The molecule has 0 saturated heterocycles. The molecule has 0 aromatic heterocycles. The maximum absolute atomic E-state index is 12.1. The quantitative estimate of drug-likeness (QED) is 0.643. The summed E-state index contributed by atoms with van der Waals surface area (Å²) < 4.78 is 10.7. The first-order chi connectivity index (χ1) is 11.4. The summed E-state index contributed by atoms with van der Waals surface area (Å²) in [7, 11) is 0. The van der Waals surface area contributed by atoms with Crippen LogP contribution in [0.2, 0.25) is 0 Å². The van der Waals surface area contributed by atoms with E-state index < -0.39 is 18.0 Å². The number of esters is 1. The van der Waals surface area contributed by atoms with Crippen molar-refractivity contribution in [1.82, 2.24) is 0 Å². The van der Waals surface area contributed by atoms with Crippen molar-refractivity contribution in [3.8, 4) is 11.5 Å². The van der Waals surface area contributed by atoms with Crippen LogP contribution in [0.3, 0.4) is 0 Å². The van der Waals surface area contributed by atoms with Gasteiger partial charge >= 0.3 is 11.9 Å². The topological polar surface area (TPSA) is 72.8 Å². The Morgan fingerprint density at radius 3 is 2.17 bits per heavy atom. The minimum absolute atomic E-state index is 0.000561. The van der Waals surface area contributed by atoms with Gasteiger partial charge in [0, 0.05) is 0 Å². The van der Waals surface area contributed by atoms with Crippen LogP contribution in [-0.4, -0.2) is 23.1 Å². The summed E-state index contributed by atoms with van der Waals surface area (Å²) in [6, 6.07) is 13.5. The molecule has 2 rings (SSSR count). The van der Waals surface area contributed by atoms with Gasteiger partial charge in [0.25, 0.3) is 0 Å². The molecule has 5 nitrogen and oxygen atoms in total. The predicted octanol–water partition coefficient (Wildman–Crippen LogP) is 3.88. The molecule has 2 aromatic rings. The highest BCUT2D eigenvalue weighted by atomic mass is 16.6. The van der Waals surface area contributed by atoms with Crippen molar-refractivity contribution >= 4 is 11.9 Å². The Morgan fingerprint density at radius 2 is 1.58 bits per heavy atom. The molecule has 5 heteroatoms. The summed E-state index contributed by atoms with van der Waals surface area (Å²) in [6.45, 7) is 5.74. The van der Waals surface area contributed by atoms with E-state index in [1.54, 1.807) is 31.2 Å². The van der Waals surface area contributed by atoms with Crippen LogP contribution < -0.4 is 9.47 Å². The number of benzene rings is 2. The third kappa shape index (κ3) is 4.35. The van der Waals surface area contributed by atoms with E-state index in [0.29, 0.717) is 11.7 Å². The SMILES string of the molecule is CC(Oc1ccc(C(C)C)cc1)C(=O)Oc1ccccc1C(=O)O. The van der Waals surface area contributed by atoms with Crippen molar-refractivity contribution in [2.45, 2.75) is 32.8 Å². The van der Waals surface area contributed by atoms with E-state index in [-0.39, 0.29) is 11.3 Å². The van der Waals surface area contributed by atoms with Crippen LogP contribution >= 0.6 is 0 Å². The molecule has 0 amide bonds. The molecular formula is C19H20O5. The van der Waals surface area contributed by atoms with Crippen LogP contribution in [0.1, 0.15) is 42.6 Å². The second kappa shape index (κ2) is 7.64. The van der Waals surface area contributed by atoms with Gasteiger partial charge in [-0.2, -0.15) is 0 Å². The van der Waals surface area contributed by atoms with E-state index >= 15 is 0 Å². The first-order valence-electron chi connectivity index (χ1n) is 7.69. The lowest BCUT2D eigenvalue weighted by atomic mass is 10.0. The minimum Gasteiger partial charge on any atom is -0.479 e. The van der Waals surface area contributed by atoms with Crippen molar-refractivity contribution in [3.05, 3.63) is 59.7 Å². The number of hydrogen-bond acceptors (Lipinski definition) is 4. The van der Waals surface area contributed by atoms with Gasteiger partial charge in [-0.05, 0) is 42.7 Å². The van der Waals surface area contributed by atoms with Crippen LogP contribution in [-0.2, 0) is 4.79 Å². The lowest BCUT2D eigenvalue weighted by molar-refractivity contribution is -0.141. The van der Waals surface area contributed by atoms with E-state index in [2.05, 4.69) is 13.8 Å². The lowest BCUT2D eigenvalue weighted by Gasteiger charge is -2.15. The summed E-state index contributed by atoms with van der Waals surface area (Å²) in [5.74, 6) is -0.849. The Bertz CT molecular complexity index is 719. The first kappa shape index (κ1) is 17.5. The summed E-state index contributed by atoms with van der Waals surface area (Å²) >= 11 is 0. The average molecular weight is 328 g/mol. The number of carboxylic acid groups (broad SMARTS) is 1. The zero-order valence-corrected chi connectivity index (χ0v) is 13.9. The number of rotatable bonds is 6. The molecule has 0 aliphatic rings. The molecule has 1 atom stereocenters. The molecule has 126 valence electrons. The molecule has 24 heavy (non-hydrogen) atoms. The molecule has 0 radical (unpaired) electrons. The Hall–Kier alpha value is -2.82. The normalized spacial score (nSPS) is 11.8. The second-order valence-corrected chi connectivity index (χ2v) is 5.71. The van der Waals surface area contributed by atoms with Crippen LogP contribution in [0.4, 0.5) is 0 Å². The third-order valence-corrected chi connectivity index (χ3v) is 3.52. The number of carbonyl (C=O) groups is 2. The summed E-state index contributed by atoms with van der Waals surface area (Å²) in [5.41, 5.74) is 1.10. The predicted molar refractivity (Wildman–Crippen MR) is 89.7 cm³/mol. The number of aromatic carboxylic acids is 1. The monoisotopic (exact) mass is 328 g/mol. The Kier molecular flexibility index (Phi) is 5.58. The van der Waals surface area contributed by atoms with Gasteiger partial charge in [-0.25, -0.2) is 9.59 Å². The molecule has 1 unspecified atom stereocenters. The number of para-hydroxylation sites is 1. The lowest BCUT2D eigenvalue weighted by Crippen LogP contribution is -2.29. The van der Waals surface area contributed by atoms with Gasteiger partial charge in [-0.3, -0.25) is 0 Å². The van der Waals surface area contributed by atoms with E-state index in [0.717, 1.165) is 0 Å². The maximum atomic E-state index is 12.1. The second-order valence-electron chi connectivity index (χ2n) is 5.71. The Balaban J connectivity index is 2.03. The molecule has 0 spiro atoms. The first-order valence-corrected chi connectivity index (χ1v) is 7.69. The summed E-state index contributed by atoms with van der Waals surface area (Å²) in [5, 5.41) is 9.10. The Labute approximate surface area is 140 Å². The zero-order valence-electron chi connectivity index (χ0n) is 13.9. The zero-order chi connectivity index (χ0) is 17.7. The third-order valence-electron chi connectivity index (χ3n) is 3.52. The largest absolute Gasteiger partial charge is 0.479 e. The number of ether oxygens (including phenoxy) is 2. The molecule has 0 bridgehead atoms. The molecule has 2 aromatic carbocycles. The van der Waals surface area contributed by atoms with Gasteiger partial charge in [0.1, 0.15) is 17.1 Å². The molecule has 0 heterocycles. The van der Waals surface area contributed by atoms with Gasteiger partial charge in [-0.1, -0.05) is 38.1 Å². The van der Waals surface area contributed by atoms with Crippen LogP contribution in [0, 0.1) is 0 Å². The maximum Gasteiger partial charge on any atom is 0.352 e.